The van der Waals surface area contributed by atoms with Crippen LogP contribution < -0.4 is 5.32 Å². The molecule has 1 aromatic rings. The summed E-state index contributed by atoms with van der Waals surface area (Å²) in [4.78, 5) is 2.48. The molecule has 2 aliphatic rings. The highest BCUT2D eigenvalue weighted by atomic mass is 79.9. The number of benzene rings is 1. The third-order valence-corrected chi connectivity index (χ3v) is 5.01. The first-order valence-corrected chi connectivity index (χ1v) is 8.45. The van der Waals surface area contributed by atoms with Crippen LogP contribution in [-0.4, -0.2) is 36.2 Å². The van der Waals surface area contributed by atoms with Crippen molar-refractivity contribution >= 4 is 52.3 Å². The van der Waals surface area contributed by atoms with Crippen molar-refractivity contribution < 1.29 is 5.11 Å². The van der Waals surface area contributed by atoms with Gasteiger partial charge in [0.2, 0.25) is 0 Å². The predicted octanol–water partition coefficient (Wildman–Crippen LogP) is 4.40. The van der Waals surface area contributed by atoms with Crippen LogP contribution in [0.5, 0.6) is 5.75 Å². The maximum absolute atomic E-state index is 10.4. The molecule has 3 rings (SSSR count). The van der Waals surface area contributed by atoms with E-state index < -0.39 is 0 Å². The van der Waals surface area contributed by atoms with Crippen LogP contribution in [0.1, 0.15) is 30.9 Å². The van der Waals surface area contributed by atoms with Gasteiger partial charge in [0.05, 0.1) is 5.02 Å². The summed E-state index contributed by atoms with van der Waals surface area (Å²) < 4.78 is 0.936. The van der Waals surface area contributed by atoms with Crippen molar-refractivity contribution in [2.24, 2.45) is 5.92 Å². The van der Waals surface area contributed by atoms with E-state index in [4.69, 9.17) is 11.6 Å². The summed E-state index contributed by atoms with van der Waals surface area (Å²) in [6, 6.07) is 4.06. The molecule has 2 fully saturated rings. The highest BCUT2D eigenvalue weighted by Gasteiger charge is 2.32. The minimum Gasteiger partial charge on any atom is -0.506 e. The molecule has 1 saturated carbocycles. The lowest BCUT2D eigenvalue weighted by atomic mass is 9.97. The van der Waals surface area contributed by atoms with Gasteiger partial charge in [-0.3, -0.25) is 4.90 Å². The molecule has 0 aromatic heterocycles. The summed E-state index contributed by atoms with van der Waals surface area (Å²) in [5.74, 6) is 1.06. The fourth-order valence-corrected chi connectivity index (χ4v) is 3.81. The van der Waals surface area contributed by atoms with Crippen LogP contribution in [0.4, 0.5) is 0 Å². The third kappa shape index (κ3) is 4.89. The Hall–Kier alpha value is 0.290. The minimum absolute atomic E-state index is 0. The second kappa shape index (κ2) is 8.95. The minimum atomic E-state index is 0. The van der Waals surface area contributed by atoms with Crippen LogP contribution in [0.15, 0.2) is 16.6 Å². The number of hydrogen-bond acceptors (Lipinski definition) is 3. The second-order valence-electron chi connectivity index (χ2n) is 5.81. The van der Waals surface area contributed by atoms with E-state index in [1.54, 1.807) is 6.07 Å². The first-order valence-electron chi connectivity index (χ1n) is 7.28. The summed E-state index contributed by atoms with van der Waals surface area (Å²) in [7, 11) is 0. The van der Waals surface area contributed by atoms with Crippen molar-refractivity contribution in [3.05, 3.63) is 27.2 Å². The number of hydrogen-bond donors (Lipinski definition) is 2. The Labute approximate surface area is 157 Å². The number of rotatable bonds is 4. The largest absolute Gasteiger partial charge is 0.506 e. The third-order valence-electron chi connectivity index (χ3n) is 4.26. The first kappa shape index (κ1) is 20.3. The molecule has 1 aliphatic heterocycles. The van der Waals surface area contributed by atoms with E-state index in [2.05, 4.69) is 26.1 Å². The first-order chi connectivity index (χ1) is 9.65. The Balaban J connectivity index is 0.00000121. The van der Waals surface area contributed by atoms with Crippen molar-refractivity contribution in [1.82, 2.24) is 10.2 Å². The average molecular weight is 433 g/mol. The summed E-state index contributed by atoms with van der Waals surface area (Å²) in [5.41, 5.74) is 0.971. The second-order valence-corrected chi connectivity index (χ2v) is 7.13. The van der Waals surface area contributed by atoms with E-state index >= 15 is 0 Å². The van der Waals surface area contributed by atoms with Crippen molar-refractivity contribution in [2.75, 3.05) is 26.2 Å². The summed E-state index contributed by atoms with van der Waals surface area (Å²) in [6.07, 6.45) is 3.77. The monoisotopic (exact) mass is 430 g/mol. The molecular formula is C15H22BrCl3N2O. The molecule has 1 aliphatic carbocycles. The Morgan fingerprint density at radius 2 is 1.91 bits per heavy atom. The molecule has 0 spiro atoms. The predicted molar refractivity (Wildman–Crippen MR) is 99.8 cm³/mol. The number of phenolic OH excluding ortho intramolecular Hbond substituents is 1. The molecule has 0 radical (unpaired) electrons. The zero-order valence-electron chi connectivity index (χ0n) is 12.2. The van der Waals surface area contributed by atoms with Gasteiger partial charge in [-0.25, -0.2) is 0 Å². The number of nitrogens with one attached hydrogen (secondary N) is 1. The lowest BCUT2D eigenvalue weighted by Gasteiger charge is -2.36. The van der Waals surface area contributed by atoms with Crippen molar-refractivity contribution in [2.45, 2.75) is 25.3 Å². The van der Waals surface area contributed by atoms with Crippen LogP contribution in [0.25, 0.3) is 0 Å². The number of aromatic hydroxyl groups is 1. The van der Waals surface area contributed by atoms with Gasteiger partial charge in [-0.15, -0.1) is 24.8 Å². The van der Waals surface area contributed by atoms with Crippen molar-refractivity contribution in [3.63, 3.8) is 0 Å². The zero-order chi connectivity index (χ0) is 14.1. The lowest BCUT2D eigenvalue weighted by Crippen LogP contribution is -2.45. The quantitative estimate of drug-likeness (QED) is 0.740. The molecule has 1 atom stereocenters. The van der Waals surface area contributed by atoms with Crippen molar-refractivity contribution in [1.29, 1.82) is 0 Å². The van der Waals surface area contributed by atoms with Crippen LogP contribution in [0, 0.1) is 5.92 Å². The van der Waals surface area contributed by atoms with E-state index in [1.165, 1.54) is 12.8 Å². The number of phenols is 1. The van der Waals surface area contributed by atoms with Crippen LogP contribution in [0.3, 0.4) is 0 Å². The summed E-state index contributed by atoms with van der Waals surface area (Å²) in [5, 5.41) is 14.2. The standard InChI is InChI=1S/C15H20BrClN2O.2ClH/c16-11-8-12(15(20)13(17)9-11)14(7-10-1-2-10)19-5-3-18-4-6-19;;/h8-10,14,18,20H,1-7H2;2*1H/t14-;;/m0../s1. The molecule has 1 heterocycles. The smallest absolute Gasteiger partial charge is 0.139 e. The SMILES string of the molecule is Cl.Cl.Oc1c(Cl)cc(Br)cc1[C@H](CC1CC1)N1CCNCC1. The Morgan fingerprint density at radius 3 is 2.50 bits per heavy atom. The van der Waals surface area contributed by atoms with Gasteiger partial charge < -0.3 is 10.4 Å². The van der Waals surface area contributed by atoms with Gasteiger partial charge in [0.1, 0.15) is 5.75 Å². The molecule has 1 aromatic carbocycles. The molecule has 2 N–H and O–H groups in total. The number of piperazine rings is 1. The Kier molecular flexibility index (Phi) is 8.27. The topological polar surface area (TPSA) is 35.5 Å². The molecular weight excluding hydrogens is 410 g/mol. The van der Waals surface area contributed by atoms with Crippen LogP contribution in [0.2, 0.25) is 5.02 Å². The van der Waals surface area contributed by atoms with Gasteiger partial charge >= 0.3 is 0 Å². The van der Waals surface area contributed by atoms with Crippen molar-refractivity contribution in [3.8, 4) is 5.75 Å². The molecule has 126 valence electrons. The maximum Gasteiger partial charge on any atom is 0.139 e. The van der Waals surface area contributed by atoms with E-state index in [-0.39, 0.29) is 36.6 Å². The van der Waals surface area contributed by atoms with Crippen LogP contribution >= 0.6 is 52.3 Å². The summed E-state index contributed by atoms with van der Waals surface area (Å²) >= 11 is 9.64. The van der Waals surface area contributed by atoms with E-state index in [1.807, 2.05) is 6.07 Å². The lowest BCUT2D eigenvalue weighted by molar-refractivity contribution is 0.158. The highest BCUT2D eigenvalue weighted by molar-refractivity contribution is 9.10. The summed E-state index contributed by atoms with van der Waals surface area (Å²) in [6.45, 7) is 4.09. The molecule has 3 nitrogen and oxygen atoms in total. The number of halogens is 4. The van der Waals surface area contributed by atoms with E-state index in [0.717, 1.165) is 48.6 Å². The molecule has 0 amide bonds. The average Bonchev–Trinajstić information content (AvgIpc) is 3.25. The molecule has 7 heteroatoms. The van der Waals surface area contributed by atoms with Crippen LogP contribution in [-0.2, 0) is 0 Å². The molecule has 0 bridgehead atoms. The van der Waals surface area contributed by atoms with E-state index in [9.17, 15) is 5.11 Å². The molecule has 1 saturated heterocycles. The van der Waals surface area contributed by atoms with Gasteiger partial charge in [-0.2, -0.15) is 0 Å². The highest BCUT2D eigenvalue weighted by Crippen LogP contribution is 2.44. The Bertz CT molecular complexity index is 494. The normalized spacial score (nSPS) is 19.9. The van der Waals surface area contributed by atoms with Gasteiger partial charge in [0.15, 0.2) is 0 Å². The van der Waals surface area contributed by atoms with Gasteiger partial charge in [0.25, 0.3) is 0 Å². The fraction of sp³-hybridized carbons (Fsp3) is 0.600. The van der Waals surface area contributed by atoms with Gasteiger partial charge in [-0.05, 0) is 24.5 Å². The van der Waals surface area contributed by atoms with E-state index in [0.29, 0.717) is 5.02 Å². The Morgan fingerprint density at radius 1 is 1.27 bits per heavy atom. The maximum atomic E-state index is 10.4. The van der Waals surface area contributed by atoms with Gasteiger partial charge in [0, 0.05) is 42.3 Å². The fourth-order valence-electron chi connectivity index (χ4n) is 2.98. The molecule has 0 unspecified atom stereocenters. The molecule has 22 heavy (non-hydrogen) atoms. The zero-order valence-corrected chi connectivity index (χ0v) is 16.2. The van der Waals surface area contributed by atoms with Gasteiger partial charge in [-0.1, -0.05) is 40.4 Å². The number of nitrogens with zero attached hydrogens (tertiary/aromatic N) is 1.